The number of rotatable bonds is 5. The molecule has 0 spiro atoms. The Morgan fingerprint density at radius 3 is 2.45 bits per heavy atom. The highest BCUT2D eigenvalue weighted by atomic mass is 79.9. The van der Waals surface area contributed by atoms with Crippen molar-refractivity contribution in [1.82, 2.24) is 15.0 Å². The Bertz CT molecular complexity index is 981. The van der Waals surface area contributed by atoms with E-state index in [1.54, 1.807) is 24.3 Å². The molecule has 1 saturated heterocycles. The minimum Gasteiger partial charge on any atom is -0.378 e. The molecule has 29 heavy (non-hydrogen) atoms. The normalized spacial score (nSPS) is 16.4. The van der Waals surface area contributed by atoms with E-state index in [4.69, 9.17) is 4.74 Å². The second-order valence-electron chi connectivity index (χ2n) is 6.91. The molecule has 2 aliphatic rings. The first-order chi connectivity index (χ1) is 14.0. The van der Waals surface area contributed by atoms with Gasteiger partial charge in [-0.15, -0.1) is 0 Å². The van der Waals surface area contributed by atoms with Gasteiger partial charge < -0.3 is 15.0 Å². The molecule has 9 nitrogen and oxygen atoms in total. The molecule has 1 aliphatic heterocycles. The van der Waals surface area contributed by atoms with E-state index in [9.17, 15) is 14.4 Å². The number of nitrogens with zero attached hydrogens (tertiary/aromatic N) is 3. The predicted molar refractivity (Wildman–Crippen MR) is 110 cm³/mol. The standard InChI is InChI=1S/C19H20BrN5O4/c20-13-3-1-12(2-4-13)16(26)23-25-18(28)15(17(27)22-14-5-6-14)11-21-19(25)24-7-9-29-10-8-24/h1-4,11,14H,5-10H2,(H,22,27)(H,23,26). The summed E-state index contributed by atoms with van der Waals surface area (Å²) in [5.74, 6) is -0.687. The third kappa shape index (κ3) is 4.48. The van der Waals surface area contributed by atoms with Gasteiger partial charge in [-0.1, -0.05) is 15.9 Å². The first kappa shape index (κ1) is 19.6. The molecule has 1 aromatic carbocycles. The summed E-state index contributed by atoms with van der Waals surface area (Å²) in [7, 11) is 0. The Labute approximate surface area is 175 Å². The number of ether oxygens (including phenoxy) is 1. The maximum Gasteiger partial charge on any atom is 0.286 e. The molecule has 0 radical (unpaired) electrons. The van der Waals surface area contributed by atoms with E-state index in [2.05, 4.69) is 31.7 Å². The van der Waals surface area contributed by atoms with Gasteiger partial charge in [-0.05, 0) is 37.1 Å². The number of hydrogen-bond donors (Lipinski definition) is 2. The molecule has 1 aromatic heterocycles. The minimum atomic E-state index is -0.620. The molecule has 1 saturated carbocycles. The van der Waals surface area contributed by atoms with Crippen LogP contribution in [0.2, 0.25) is 0 Å². The van der Waals surface area contributed by atoms with Gasteiger partial charge in [-0.25, -0.2) is 4.98 Å². The van der Waals surface area contributed by atoms with Crippen LogP contribution in [-0.4, -0.2) is 53.8 Å². The van der Waals surface area contributed by atoms with E-state index in [-0.39, 0.29) is 17.6 Å². The first-order valence-electron chi connectivity index (χ1n) is 9.35. The SMILES string of the molecule is O=C(Nn1c(N2CCOCC2)ncc(C(=O)NC2CC2)c1=O)c1ccc(Br)cc1. The summed E-state index contributed by atoms with van der Waals surface area (Å²) >= 11 is 3.33. The van der Waals surface area contributed by atoms with E-state index in [1.807, 2.05) is 4.90 Å². The van der Waals surface area contributed by atoms with Crippen molar-refractivity contribution in [3.8, 4) is 0 Å². The van der Waals surface area contributed by atoms with Gasteiger partial charge in [0.1, 0.15) is 5.56 Å². The van der Waals surface area contributed by atoms with Crippen molar-refractivity contribution in [2.75, 3.05) is 36.6 Å². The number of amides is 2. The smallest absolute Gasteiger partial charge is 0.286 e. The Morgan fingerprint density at radius 1 is 1.10 bits per heavy atom. The zero-order chi connectivity index (χ0) is 20.4. The van der Waals surface area contributed by atoms with Gasteiger partial charge in [0, 0.05) is 35.4 Å². The maximum atomic E-state index is 13.1. The third-order valence-corrected chi connectivity index (χ3v) is 5.24. The Morgan fingerprint density at radius 2 is 1.79 bits per heavy atom. The minimum absolute atomic E-state index is 0.103. The van der Waals surface area contributed by atoms with Crippen LogP contribution in [0.3, 0.4) is 0 Å². The molecule has 0 bridgehead atoms. The zero-order valence-corrected chi connectivity index (χ0v) is 17.1. The van der Waals surface area contributed by atoms with Crippen LogP contribution < -0.4 is 21.2 Å². The number of hydrogen-bond acceptors (Lipinski definition) is 6. The van der Waals surface area contributed by atoms with Gasteiger partial charge in [0.15, 0.2) is 0 Å². The van der Waals surface area contributed by atoms with Crippen LogP contribution in [0.5, 0.6) is 0 Å². The number of carbonyl (C=O) groups is 2. The fourth-order valence-corrected chi connectivity index (χ4v) is 3.21. The van der Waals surface area contributed by atoms with Crippen LogP contribution in [0.4, 0.5) is 5.95 Å². The van der Waals surface area contributed by atoms with E-state index >= 15 is 0 Å². The van der Waals surface area contributed by atoms with Gasteiger partial charge in [0.2, 0.25) is 5.95 Å². The second-order valence-corrected chi connectivity index (χ2v) is 7.82. The number of nitrogens with one attached hydrogen (secondary N) is 2. The molecular weight excluding hydrogens is 442 g/mol. The molecule has 2 heterocycles. The number of carbonyl (C=O) groups excluding carboxylic acids is 2. The average molecular weight is 462 g/mol. The third-order valence-electron chi connectivity index (χ3n) is 4.71. The molecule has 1 aliphatic carbocycles. The zero-order valence-electron chi connectivity index (χ0n) is 15.6. The molecule has 2 aromatic rings. The summed E-state index contributed by atoms with van der Waals surface area (Å²) in [5, 5.41) is 2.78. The van der Waals surface area contributed by atoms with Crippen molar-refractivity contribution in [3.63, 3.8) is 0 Å². The van der Waals surface area contributed by atoms with Gasteiger partial charge in [-0.2, -0.15) is 4.68 Å². The number of morpholine rings is 1. The van der Waals surface area contributed by atoms with Crippen molar-refractivity contribution < 1.29 is 14.3 Å². The van der Waals surface area contributed by atoms with Crippen LogP contribution in [-0.2, 0) is 4.74 Å². The topological polar surface area (TPSA) is 106 Å². The maximum absolute atomic E-state index is 13.1. The predicted octanol–water partition coefficient (Wildman–Crippen LogP) is 1.12. The molecule has 4 rings (SSSR count). The largest absolute Gasteiger partial charge is 0.378 e. The highest BCUT2D eigenvalue weighted by molar-refractivity contribution is 9.10. The number of anilines is 1. The number of aromatic nitrogens is 2. The van der Waals surface area contributed by atoms with Crippen molar-refractivity contribution >= 4 is 33.7 Å². The van der Waals surface area contributed by atoms with Crippen LogP contribution >= 0.6 is 15.9 Å². The van der Waals surface area contributed by atoms with Crippen LogP contribution in [0.25, 0.3) is 0 Å². The lowest BCUT2D eigenvalue weighted by atomic mass is 10.2. The highest BCUT2D eigenvalue weighted by Gasteiger charge is 2.27. The Balaban J connectivity index is 1.68. The number of benzene rings is 1. The first-order valence-corrected chi connectivity index (χ1v) is 10.1. The summed E-state index contributed by atoms with van der Waals surface area (Å²) in [6.45, 7) is 2.02. The summed E-state index contributed by atoms with van der Waals surface area (Å²) in [5.41, 5.74) is 2.25. The van der Waals surface area contributed by atoms with Crippen molar-refractivity contribution in [2.24, 2.45) is 0 Å². The molecular formula is C19H20BrN5O4. The van der Waals surface area contributed by atoms with Gasteiger partial charge >= 0.3 is 0 Å². The van der Waals surface area contributed by atoms with Gasteiger partial charge in [0.05, 0.1) is 13.2 Å². The van der Waals surface area contributed by atoms with E-state index in [0.717, 1.165) is 22.0 Å². The average Bonchev–Trinajstić information content (AvgIpc) is 3.54. The molecule has 0 atom stereocenters. The highest BCUT2D eigenvalue weighted by Crippen LogP contribution is 2.19. The Hall–Kier alpha value is -2.72. The summed E-state index contributed by atoms with van der Waals surface area (Å²) in [4.78, 5) is 44.4. The molecule has 2 amide bonds. The van der Waals surface area contributed by atoms with E-state index in [0.29, 0.717) is 31.9 Å². The molecule has 10 heteroatoms. The van der Waals surface area contributed by atoms with Crippen molar-refractivity contribution in [2.45, 2.75) is 18.9 Å². The van der Waals surface area contributed by atoms with Crippen LogP contribution in [0, 0.1) is 0 Å². The van der Waals surface area contributed by atoms with Crippen molar-refractivity contribution in [3.05, 3.63) is 56.4 Å². The molecule has 0 unspecified atom stereocenters. The second kappa shape index (κ2) is 8.34. The van der Waals surface area contributed by atoms with E-state index < -0.39 is 17.4 Å². The quantitative estimate of drug-likeness (QED) is 0.690. The number of halogens is 1. The molecule has 2 N–H and O–H groups in total. The molecule has 2 fully saturated rings. The van der Waals surface area contributed by atoms with E-state index in [1.165, 1.54) is 6.20 Å². The fraction of sp³-hybridized carbons (Fsp3) is 0.368. The lowest BCUT2D eigenvalue weighted by Crippen LogP contribution is -2.45. The summed E-state index contributed by atoms with van der Waals surface area (Å²) in [6.07, 6.45) is 3.08. The van der Waals surface area contributed by atoms with Gasteiger partial charge in [-0.3, -0.25) is 19.8 Å². The summed E-state index contributed by atoms with van der Waals surface area (Å²) < 4.78 is 7.24. The summed E-state index contributed by atoms with van der Waals surface area (Å²) in [6, 6.07) is 6.84. The Kier molecular flexibility index (Phi) is 5.63. The lowest BCUT2D eigenvalue weighted by Gasteiger charge is -2.29. The van der Waals surface area contributed by atoms with Crippen molar-refractivity contribution in [1.29, 1.82) is 0 Å². The van der Waals surface area contributed by atoms with Crippen LogP contribution in [0.15, 0.2) is 39.7 Å². The molecule has 152 valence electrons. The van der Waals surface area contributed by atoms with Gasteiger partial charge in [0.25, 0.3) is 17.4 Å². The lowest BCUT2D eigenvalue weighted by molar-refractivity contribution is 0.0944. The monoisotopic (exact) mass is 461 g/mol. The van der Waals surface area contributed by atoms with Crippen LogP contribution in [0.1, 0.15) is 33.6 Å². The fourth-order valence-electron chi connectivity index (χ4n) is 2.95.